The molecule has 6 heteroatoms. The van der Waals surface area contributed by atoms with E-state index in [0.29, 0.717) is 11.3 Å². The van der Waals surface area contributed by atoms with Crippen molar-refractivity contribution in [3.8, 4) is 0 Å². The molecule has 0 spiro atoms. The third-order valence-electron chi connectivity index (χ3n) is 2.73. The fourth-order valence-electron chi connectivity index (χ4n) is 1.65. The number of aliphatic hydroxyl groups is 1. The molecule has 0 unspecified atom stereocenters. The Labute approximate surface area is 113 Å². The zero-order valence-corrected chi connectivity index (χ0v) is 10.4. The Hall–Kier alpha value is -2.47. The summed E-state index contributed by atoms with van der Waals surface area (Å²) in [7, 11) is 0. The van der Waals surface area contributed by atoms with Gasteiger partial charge in [-0.1, -0.05) is 12.1 Å². The molecule has 0 saturated carbocycles. The predicted octanol–water partition coefficient (Wildman–Crippen LogP) is 2.29. The minimum absolute atomic E-state index is 0.107. The summed E-state index contributed by atoms with van der Waals surface area (Å²) in [5, 5.41) is 11.4. The van der Waals surface area contributed by atoms with Gasteiger partial charge < -0.3 is 16.2 Å². The van der Waals surface area contributed by atoms with Crippen LogP contribution in [0.5, 0.6) is 0 Å². The van der Waals surface area contributed by atoms with Crippen molar-refractivity contribution in [1.29, 1.82) is 0 Å². The van der Waals surface area contributed by atoms with Crippen molar-refractivity contribution in [3.05, 3.63) is 59.2 Å². The summed E-state index contributed by atoms with van der Waals surface area (Å²) in [4.78, 5) is 11.9. The highest BCUT2D eigenvalue weighted by atomic mass is 19.2. The number of rotatable bonds is 3. The molecular weight excluding hydrogens is 266 g/mol. The fraction of sp³-hybridized carbons (Fsp3) is 0.0714. The lowest BCUT2D eigenvalue weighted by atomic mass is 10.1. The van der Waals surface area contributed by atoms with Gasteiger partial charge in [-0.2, -0.15) is 0 Å². The van der Waals surface area contributed by atoms with Crippen molar-refractivity contribution in [2.45, 2.75) is 6.61 Å². The standard InChI is InChI=1S/C14H12F2N2O2/c15-11-5-10(13(17)6-12(11)16)14(20)18-9-3-1-8(7-19)2-4-9/h1-6,19H,7,17H2,(H,18,20). The number of nitrogen functional groups attached to an aromatic ring is 1. The van der Waals surface area contributed by atoms with Crippen LogP contribution in [-0.2, 0) is 6.61 Å². The summed E-state index contributed by atoms with van der Waals surface area (Å²) in [6.45, 7) is -0.107. The zero-order chi connectivity index (χ0) is 14.7. The molecule has 1 amide bonds. The first-order valence-electron chi connectivity index (χ1n) is 5.77. The summed E-state index contributed by atoms with van der Waals surface area (Å²) in [6.07, 6.45) is 0. The fourth-order valence-corrected chi connectivity index (χ4v) is 1.65. The van der Waals surface area contributed by atoms with Gasteiger partial charge in [0.15, 0.2) is 11.6 Å². The number of halogens is 2. The van der Waals surface area contributed by atoms with Crippen LogP contribution < -0.4 is 11.1 Å². The Morgan fingerprint density at radius 1 is 1.15 bits per heavy atom. The van der Waals surface area contributed by atoms with E-state index in [4.69, 9.17) is 10.8 Å². The maximum Gasteiger partial charge on any atom is 0.257 e. The van der Waals surface area contributed by atoms with Crippen molar-refractivity contribution in [1.82, 2.24) is 0 Å². The number of anilines is 2. The van der Waals surface area contributed by atoms with Crippen LogP contribution in [0.25, 0.3) is 0 Å². The topological polar surface area (TPSA) is 75.4 Å². The van der Waals surface area contributed by atoms with E-state index in [0.717, 1.165) is 12.1 Å². The molecule has 0 radical (unpaired) electrons. The monoisotopic (exact) mass is 278 g/mol. The SMILES string of the molecule is Nc1cc(F)c(F)cc1C(=O)Nc1ccc(CO)cc1. The van der Waals surface area contributed by atoms with Crippen LogP contribution in [-0.4, -0.2) is 11.0 Å². The van der Waals surface area contributed by atoms with Gasteiger partial charge in [0.1, 0.15) is 0 Å². The number of carbonyl (C=O) groups excluding carboxylic acids is 1. The molecule has 0 heterocycles. The van der Waals surface area contributed by atoms with Crippen LogP contribution in [0.4, 0.5) is 20.2 Å². The van der Waals surface area contributed by atoms with Gasteiger partial charge in [-0.15, -0.1) is 0 Å². The van der Waals surface area contributed by atoms with Gasteiger partial charge in [-0.3, -0.25) is 4.79 Å². The van der Waals surface area contributed by atoms with Crippen molar-refractivity contribution in [3.63, 3.8) is 0 Å². The summed E-state index contributed by atoms with van der Waals surface area (Å²) in [5.41, 5.74) is 6.35. The normalized spacial score (nSPS) is 10.3. The van der Waals surface area contributed by atoms with E-state index in [1.165, 1.54) is 0 Å². The Bertz CT molecular complexity index is 642. The van der Waals surface area contributed by atoms with Crippen molar-refractivity contribution in [2.75, 3.05) is 11.1 Å². The summed E-state index contributed by atoms with van der Waals surface area (Å²) < 4.78 is 26.0. The van der Waals surface area contributed by atoms with Crippen LogP contribution in [0.15, 0.2) is 36.4 Å². The van der Waals surface area contributed by atoms with Crippen LogP contribution in [0.3, 0.4) is 0 Å². The van der Waals surface area contributed by atoms with Gasteiger partial charge in [-0.05, 0) is 23.8 Å². The molecule has 0 aliphatic heterocycles. The van der Waals surface area contributed by atoms with Crippen molar-refractivity contribution < 1.29 is 18.7 Å². The average Bonchev–Trinajstić information content (AvgIpc) is 2.43. The second-order valence-electron chi connectivity index (χ2n) is 4.16. The number of nitrogens with one attached hydrogen (secondary N) is 1. The summed E-state index contributed by atoms with van der Waals surface area (Å²) in [6, 6.07) is 7.94. The highest BCUT2D eigenvalue weighted by molar-refractivity contribution is 6.07. The maximum absolute atomic E-state index is 13.1. The van der Waals surface area contributed by atoms with Gasteiger partial charge >= 0.3 is 0 Å². The Kier molecular flexibility index (Phi) is 3.95. The van der Waals surface area contributed by atoms with E-state index in [1.54, 1.807) is 24.3 Å². The molecule has 0 atom stereocenters. The number of amides is 1. The van der Waals surface area contributed by atoms with E-state index in [-0.39, 0.29) is 17.9 Å². The molecule has 0 aliphatic rings. The minimum Gasteiger partial charge on any atom is -0.398 e. The molecule has 0 aromatic heterocycles. The zero-order valence-electron chi connectivity index (χ0n) is 10.4. The van der Waals surface area contributed by atoms with Crippen LogP contribution in [0.1, 0.15) is 15.9 Å². The molecule has 20 heavy (non-hydrogen) atoms. The largest absolute Gasteiger partial charge is 0.398 e. The van der Waals surface area contributed by atoms with Gasteiger partial charge in [0.25, 0.3) is 5.91 Å². The van der Waals surface area contributed by atoms with Crippen LogP contribution in [0.2, 0.25) is 0 Å². The number of hydrogen-bond donors (Lipinski definition) is 3. The second kappa shape index (κ2) is 5.66. The molecular formula is C14H12F2N2O2. The molecule has 2 aromatic rings. The smallest absolute Gasteiger partial charge is 0.257 e. The Morgan fingerprint density at radius 2 is 1.75 bits per heavy atom. The van der Waals surface area contributed by atoms with Crippen LogP contribution in [0, 0.1) is 11.6 Å². The second-order valence-corrected chi connectivity index (χ2v) is 4.16. The molecule has 0 bridgehead atoms. The lowest BCUT2D eigenvalue weighted by molar-refractivity contribution is 0.102. The first-order chi connectivity index (χ1) is 9.51. The minimum atomic E-state index is -1.14. The maximum atomic E-state index is 13.1. The molecule has 4 nitrogen and oxygen atoms in total. The van der Waals surface area contributed by atoms with Gasteiger partial charge in [0.2, 0.25) is 0 Å². The highest BCUT2D eigenvalue weighted by Crippen LogP contribution is 2.19. The first kappa shape index (κ1) is 14.0. The lowest BCUT2D eigenvalue weighted by Gasteiger charge is -2.08. The number of hydrogen-bond acceptors (Lipinski definition) is 3. The lowest BCUT2D eigenvalue weighted by Crippen LogP contribution is -2.15. The molecule has 0 saturated heterocycles. The number of benzene rings is 2. The van der Waals surface area contributed by atoms with E-state index in [1.807, 2.05) is 0 Å². The Balaban J connectivity index is 2.21. The average molecular weight is 278 g/mol. The summed E-state index contributed by atoms with van der Waals surface area (Å²) in [5.74, 6) is -2.88. The number of carbonyl (C=O) groups is 1. The van der Waals surface area contributed by atoms with Gasteiger partial charge in [0.05, 0.1) is 12.2 Å². The van der Waals surface area contributed by atoms with Gasteiger partial charge in [0, 0.05) is 17.4 Å². The third kappa shape index (κ3) is 2.92. The predicted molar refractivity (Wildman–Crippen MR) is 71.1 cm³/mol. The number of aliphatic hydroxyl groups excluding tert-OH is 1. The highest BCUT2D eigenvalue weighted by Gasteiger charge is 2.14. The first-order valence-corrected chi connectivity index (χ1v) is 5.77. The van der Waals surface area contributed by atoms with Crippen molar-refractivity contribution >= 4 is 17.3 Å². The molecule has 0 aliphatic carbocycles. The quantitative estimate of drug-likeness (QED) is 0.754. The number of nitrogens with two attached hydrogens (primary N) is 1. The third-order valence-corrected chi connectivity index (χ3v) is 2.73. The molecule has 2 aromatic carbocycles. The van der Waals surface area contributed by atoms with Crippen LogP contribution >= 0.6 is 0 Å². The molecule has 4 N–H and O–H groups in total. The van der Waals surface area contributed by atoms with E-state index in [9.17, 15) is 13.6 Å². The summed E-state index contributed by atoms with van der Waals surface area (Å²) >= 11 is 0. The van der Waals surface area contributed by atoms with Gasteiger partial charge in [-0.25, -0.2) is 8.78 Å². The van der Waals surface area contributed by atoms with E-state index >= 15 is 0 Å². The van der Waals surface area contributed by atoms with Crippen molar-refractivity contribution in [2.24, 2.45) is 0 Å². The van der Waals surface area contributed by atoms with E-state index in [2.05, 4.69) is 5.32 Å². The molecule has 104 valence electrons. The molecule has 0 fully saturated rings. The molecule has 2 rings (SSSR count). The Morgan fingerprint density at radius 3 is 2.35 bits per heavy atom. The van der Waals surface area contributed by atoms with E-state index < -0.39 is 17.5 Å².